The van der Waals surface area contributed by atoms with Crippen molar-refractivity contribution >= 4 is 0 Å². The Morgan fingerprint density at radius 3 is 2.20 bits per heavy atom. The molecule has 0 aliphatic heterocycles. The summed E-state index contributed by atoms with van der Waals surface area (Å²) in [5.41, 5.74) is 1.25. The minimum atomic E-state index is -0.451. The topological polar surface area (TPSA) is 24.1 Å². The minimum Gasteiger partial charge on any atom is -0.311 e. The quantitative estimate of drug-likeness (QED) is 0.558. The van der Waals surface area contributed by atoms with E-state index < -0.39 is 6.80 Å². The standard InChI is InChI=1S/C10H15FN2.C2H6/c11-9-13-7-6-12-8-10-4-2-1-3-5-10;1-2/h1-5,12-13H,6-9H2;1-2H3. The second kappa shape index (κ2) is 11.1. The fourth-order valence-corrected chi connectivity index (χ4v) is 1.07. The van der Waals surface area contributed by atoms with E-state index in [2.05, 4.69) is 22.8 Å². The van der Waals surface area contributed by atoms with Crippen LogP contribution in [-0.2, 0) is 6.54 Å². The van der Waals surface area contributed by atoms with Crippen molar-refractivity contribution in [3.8, 4) is 0 Å². The van der Waals surface area contributed by atoms with Gasteiger partial charge in [0.15, 0.2) is 0 Å². The van der Waals surface area contributed by atoms with Crippen molar-refractivity contribution in [2.45, 2.75) is 20.4 Å². The molecule has 1 aromatic rings. The fourth-order valence-electron chi connectivity index (χ4n) is 1.07. The van der Waals surface area contributed by atoms with Crippen LogP contribution in [0.15, 0.2) is 30.3 Å². The molecule has 0 saturated carbocycles. The summed E-state index contributed by atoms with van der Waals surface area (Å²) >= 11 is 0. The van der Waals surface area contributed by atoms with Crippen LogP contribution in [0.25, 0.3) is 0 Å². The molecular weight excluding hydrogens is 191 g/mol. The molecule has 1 aromatic carbocycles. The van der Waals surface area contributed by atoms with Gasteiger partial charge in [0, 0.05) is 19.6 Å². The van der Waals surface area contributed by atoms with E-state index in [1.807, 2.05) is 32.0 Å². The Bertz CT molecular complexity index is 214. The van der Waals surface area contributed by atoms with Gasteiger partial charge in [0.25, 0.3) is 0 Å². The maximum atomic E-state index is 11.6. The highest BCUT2D eigenvalue weighted by Gasteiger charge is 1.89. The molecule has 0 radical (unpaired) electrons. The zero-order chi connectivity index (χ0) is 11.4. The second-order valence-electron chi connectivity index (χ2n) is 2.80. The average Bonchev–Trinajstić information content (AvgIpc) is 2.33. The monoisotopic (exact) mass is 212 g/mol. The average molecular weight is 212 g/mol. The van der Waals surface area contributed by atoms with Crippen LogP contribution in [-0.4, -0.2) is 19.9 Å². The number of benzene rings is 1. The van der Waals surface area contributed by atoms with Crippen molar-refractivity contribution < 1.29 is 4.39 Å². The van der Waals surface area contributed by atoms with Crippen molar-refractivity contribution in [2.75, 3.05) is 19.9 Å². The Morgan fingerprint density at radius 2 is 1.60 bits per heavy atom. The molecule has 0 heterocycles. The number of hydrogen-bond acceptors (Lipinski definition) is 2. The van der Waals surface area contributed by atoms with E-state index in [-0.39, 0.29) is 0 Å². The summed E-state index contributed by atoms with van der Waals surface area (Å²) in [6.45, 7) is 5.85. The zero-order valence-electron chi connectivity index (χ0n) is 9.59. The fraction of sp³-hybridized carbons (Fsp3) is 0.500. The first kappa shape index (κ1) is 14.1. The molecule has 0 aromatic heterocycles. The molecule has 0 bridgehead atoms. The van der Waals surface area contributed by atoms with Crippen LogP contribution in [0.3, 0.4) is 0 Å². The van der Waals surface area contributed by atoms with Crippen LogP contribution in [0.2, 0.25) is 0 Å². The molecule has 0 atom stereocenters. The molecule has 0 aliphatic rings. The largest absolute Gasteiger partial charge is 0.311 e. The van der Waals surface area contributed by atoms with E-state index in [1.54, 1.807) is 0 Å². The summed E-state index contributed by atoms with van der Waals surface area (Å²) in [5.74, 6) is 0. The number of nitrogens with one attached hydrogen (secondary N) is 2. The summed E-state index contributed by atoms with van der Waals surface area (Å²) in [6.07, 6.45) is 0. The first-order valence-corrected chi connectivity index (χ1v) is 5.45. The highest BCUT2D eigenvalue weighted by atomic mass is 19.1. The van der Waals surface area contributed by atoms with Gasteiger partial charge < -0.3 is 5.32 Å². The lowest BCUT2D eigenvalue weighted by molar-refractivity contribution is 0.423. The van der Waals surface area contributed by atoms with Crippen LogP contribution in [0, 0.1) is 0 Å². The normalized spacial score (nSPS) is 9.27. The highest BCUT2D eigenvalue weighted by molar-refractivity contribution is 5.14. The van der Waals surface area contributed by atoms with Gasteiger partial charge in [-0.15, -0.1) is 0 Å². The van der Waals surface area contributed by atoms with Gasteiger partial charge in [0.2, 0.25) is 0 Å². The van der Waals surface area contributed by atoms with Gasteiger partial charge in [-0.3, -0.25) is 5.32 Å². The number of rotatable bonds is 6. The van der Waals surface area contributed by atoms with Crippen molar-refractivity contribution in [1.82, 2.24) is 10.6 Å². The van der Waals surface area contributed by atoms with Crippen LogP contribution in [0.4, 0.5) is 4.39 Å². The number of halogens is 1. The Balaban J connectivity index is 0.000000921. The lowest BCUT2D eigenvalue weighted by atomic mass is 10.2. The van der Waals surface area contributed by atoms with Gasteiger partial charge in [0.1, 0.15) is 6.80 Å². The molecule has 3 heteroatoms. The summed E-state index contributed by atoms with van der Waals surface area (Å²) < 4.78 is 11.6. The summed E-state index contributed by atoms with van der Waals surface area (Å²) in [6, 6.07) is 10.1. The van der Waals surface area contributed by atoms with Gasteiger partial charge in [-0.05, 0) is 5.56 Å². The molecule has 0 fully saturated rings. The zero-order valence-corrected chi connectivity index (χ0v) is 9.59. The summed E-state index contributed by atoms with van der Waals surface area (Å²) in [5, 5.41) is 5.81. The third-order valence-corrected chi connectivity index (χ3v) is 1.74. The highest BCUT2D eigenvalue weighted by Crippen LogP contribution is 1.96. The first-order valence-electron chi connectivity index (χ1n) is 5.45. The SMILES string of the molecule is CC.FCNCCNCc1ccccc1. The summed E-state index contributed by atoms with van der Waals surface area (Å²) in [7, 11) is 0. The number of hydrogen-bond donors (Lipinski definition) is 2. The predicted octanol–water partition coefficient (Wildman–Crippen LogP) is 2.32. The summed E-state index contributed by atoms with van der Waals surface area (Å²) in [4.78, 5) is 0. The van der Waals surface area contributed by atoms with Crippen molar-refractivity contribution in [1.29, 1.82) is 0 Å². The second-order valence-corrected chi connectivity index (χ2v) is 2.80. The molecule has 2 nitrogen and oxygen atoms in total. The van der Waals surface area contributed by atoms with Crippen LogP contribution < -0.4 is 10.6 Å². The van der Waals surface area contributed by atoms with E-state index in [0.717, 1.165) is 13.1 Å². The van der Waals surface area contributed by atoms with E-state index >= 15 is 0 Å². The molecule has 0 unspecified atom stereocenters. The van der Waals surface area contributed by atoms with Crippen LogP contribution in [0.1, 0.15) is 19.4 Å². The first-order chi connectivity index (χ1) is 7.43. The lowest BCUT2D eigenvalue weighted by Crippen LogP contribution is -2.26. The van der Waals surface area contributed by atoms with Gasteiger partial charge in [0.05, 0.1) is 0 Å². The molecule has 2 N–H and O–H groups in total. The van der Waals surface area contributed by atoms with E-state index in [0.29, 0.717) is 6.54 Å². The minimum absolute atomic E-state index is 0.451. The van der Waals surface area contributed by atoms with Crippen LogP contribution >= 0.6 is 0 Å². The maximum absolute atomic E-state index is 11.6. The Labute approximate surface area is 91.9 Å². The van der Waals surface area contributed by atoms with Crippen LogP contribution in [0.5, 0.6) is 0 Å². The van der Waals surface area contributed by atoms with Gasteiger partial charge >= 0.3 is 0 Å². The smallest absolute Gasteiger partial charge is 0.140 e. The molecule has 0 spiro atoms. The molecule has 0 aliphatic carbocycles. The number of alkyl halides is 1. The molecule has 1 rings (SSSR count). The Hall–Kier alpha value is -0.930. The third-order valence-electron chi connectivity index (χ3n) is 1.74. The molecule has 0 amide bonds. The molecule has 0 saturated heterocycles. The maximum Gasteiger partial charge on any atom is 0.140 e. The van der Waals surface area contributed by atoms with Crippen molar-refractivity contribution in [2.24, 2.45) is 0 Å². The Morgan fingerprint density at radius 1 is 1.00 bits per heavy atom. The van der Waals surface area contributed by atoms with Gasteiger partial charge in [-0.2, -0.15) is 0 Å². The van der Waals surface area contributed by atoms with Gasteiger partial charge in [-0.25, -0.2) is 4.39 Å². The van der Waals surface area contributed by atoms with Crippen molar-refractivity contribution in [3.63, 3.8) is 0 Å². The van der Waals surface area contributed by atoms with E-state index in [1.165, 1.54) is 5.56 Å². The van der Waals surface area contributed by atoms with E-state index in [4.69, 9.17) is 0 Å². The van der Waals surface area contributed by atoms with Crippen molar-refractivity contribution in [3.05, 3.63) is 35.9 Å². The molecule has 86 valence electrons. The molecule has 15 heavy (non-hydrogen) atoms. The predicted molar refractivity (Wildman–Crippen MR) is 63.5 cm³/mol. The third kappa shape index (κ3) is 8.09. The lowest BCUT2D eigenvalue weighted by Gasteiger charge is -2.03. The van der Waals surface area contributed by atoms with Gasteiger partial charge in [-0.1, -0.05) is 44.2 Å². The van der Waals surface area contributed by atoms with E-state index in [9.17, 15) is 4.39 Å². The molecular formula is C12H21FN2. The Kier molecular flexibility index (Phi) is 10.5.